The lowest BCUT2D eigenvalue weighted by molar-refractivity contribution is 0.237. The summed E-state index contributed by atoms with van der Waals surface area (Å²) in [5.74, 6) is 0.741. The van der Waals surface area contributed by atoms with Gasteiger partial charge in [-0.05, 0) is 31.8 Å². The highest BCUT2D eigenvalue weighted by molar-refractivity contribution is 8.55. The lowest BCUT2D eigenvalue weighted by Crippen LogP contribution is -2.15. The van der Waals surface area contributed by atoms with E-state index in [-0.39, 0.29) is 0 Å². The highest BCUT2D eigenvalue weighted by Crippen LogP contribution is 2.60. The molecule has 0 aliphatic heterocycles. The van der Waals surface area contributed by atoms with Crippen LogP contribution < -0.4 is 5.32 Å². The van der Waals surface area contributed by atoms with Gasteiger partial charge >= 0.3 is 6.80 Å². The maximum absolute atomic E-state index is 11.9. The molecule has 0 aliphatic rings. The van der Waals surface area contributed by atoms with Crippen LogP contribution in [0.15, 0.2) is 0 Å². The predicted molar refractivity (Wildman–Crippen MR) is 61.9 cm³/mol. The van der Waals surface area contributed by atoms with Gasteiger partial charge in [-0.1, -0.05) is 6.92 Å². The first-order chi connectivity index (χ1) is 6.68. The molecule has 0 aromatic heterocycles. The quantitative estimate of drug-likeness (QED) is 0.496. The van der Waals surface area contributed by atoms with Crippen molar-refractivity contribution in [2.75, 3.05) is 32.1 Å². The van der Waals surface area contributed by atoms with Gasteiger partial charge in [0.2, 0.25) is 0 Å². The van der Waals surface area contributed by atoms with Gasteiger partial charge in [-0.3, -0.25) is 0 Å². The van der Waals surface area contributed by atoms with Gasteiger partial charge in [0.05, 0.1) is 13.2 Å². The van der Waals surface area contributed by atoms with Gasteiger partial charge in [0.15, 0.2) is 0 Å². The molecule has 0 atom stereocenters. The van der Waals surface area contributed by atoms with E-state index in [4.69, 9.17) is 9.05 Å². The third-order valence-corrected chi connectivity index (χ3v) is 5.33. The molecule has 0 saturated carbocycles. The van der Waals surface area contributed by atoms with Crippen molar-refractivity contribution < 1.29 is 13.6 Å². The average molecular weight is 241 g/mol. The Morgan fingerprint density at radius 1 is 1.21 bits per heavy atom. The Balaban J connectivity index is 3.78. The molecule has 0 aromatic rings. The van der Waals surface area contributed by atoms with E-state index in [1.807, 2.05) is 20.8 Å². The van der Waals surface area contributed by atoms with E-state index in [0.29, 0.717) is 13.2 Å². The SMILES string of the molecule is CCNCCSP(=O)(OCC)OCC. The minimum Gasteiger partial charge on any atom is -0.316 e. The van der Waals surface area contributed by atoms with E-state index >= 15 is 0 Å². The molecule has 0 spiro atoms. The lowest BCUT2D eigenvalue weighted by atomic mass is 10.7. The van der Waals surface area contributed by atoms with Crippen molar-refractivity contribution in [2.24, 2.45) is 0 Å². The summed E-state index contributed by atoms with van der Waals surface area (Å²) < 4.78 is 22.1. The van der Waals surface area contributed by atoms with Gasteiger partial charge in [0.1, 0.15) is 0 Å². The van der Waals surface area contributed by atoms with Gasteiger partial charge in [0, 0.05) is 12.3 Å². The van der Waals surface area contributed by atoms with E-state index in [0.717, 1.165) is 18.8 Å². The summed E-state index contributed by atoms with van der Waals surface area (Å²) in [6.45, 7) is 5.38. The zero-order valence-corrected chi connectivity index (χ0v) is 10.8. The maximum atomic E-state index is 11.9. The Bertz CT molecular complexity index is 170. The average Bonchev–Trinajstić information content (AvgIpc) is 2.13. The molecule has 1 N–H and O–H groups in total. The first kappa shape index (κ1) is 14.5. The summed E-state index contributed by atoms with van der Waals surface area (Å²) in [5.41, 5.74) is 0. The number of rotatable bonds is 9. The monoisotopic (exact) mass is 241 g/mol. The summed E-state index contributed by atoms with van der Waals surface area (Å²) in [4.78, 5) is 0. The van der Waals surface area contributed by atoms with Crippen molar-refractivity contribution in [1.82, 2.24) is 5.32 Å². The lowest BCUT2D eigenvalue weighted by Gasteiger charge is -2.15. The third kappa shape index (κ3) is 6.85. The summed E-state index contributed by atoms with van der Waals surface area (Å²) in [6, 6.07) is 0. The minimum absolute atomic E-state index is 0.422. The molecule has 0 unspecified atom stereocenters. The molecule has 14 heavy (non-hydrogen) atoms. The van der Waals surface area contributed by atoms with Crippen LogP contribution >= 0.6 is 18.2 Å². The Morgan fingerprint density at radius 2 is 1.79 bits per heavy atom. The van der Waals surface area contributed by atoms with Crippen LogP contribution in [0.1, 0.15) is 20.8 Å². The van der Waals surface area contributed by atoms with Crippen molar-refractivity contribution >= 4 is 18.2 Å². The Kier molecular flexibility index (Phi) is 9.03. The molecule has 0 bridgehead atoms. The van der Waals surface area contributed by atoms with Crippen LogP contribution in [-0.4, -0.2) is 32.1 Å². The molecule has 4 nitrogen and oxygen atoms in total. The van der Waals surface area contributed by atoms with E-state index in [2.05, 4.69) is 5.32 Å². The molecule has 6 heteroatoms. The zero-order valence-electron chi connectivity index (χ0n) is 9.12. The molecule has 0 fully saturated rings. The van der Waals surface area contributed by atoms with Crippen molar-refractivity contribution in [3.05, 3.63) is 0 Å². The normalized spacial score (nSPS) is 11.9. The molecule has 0 aromatic carbocycles. The molecular formula is C8H20NO3PS. The van der Waals surface area contributed by atoms with Gasteiger partial charge in [-0.25, -0.2) is 4.57 Å². The largest absolute Gasteiger partial charge is 0.389 e. The van der Waals surface area contributed by atoms with Crippen molar-refractivity contribution in [1.29, 1.82) is 0 Å². The fourth-order valence-corrected chi connectivity index (χ4v) is 4.17. The first-order valence-electron chi connectivity index (χ1n) is 4.92. The molecule has 0 saturated heterocycles. The minimum atomic E-state index is -2.88. The topological polar surface area (TPSA) is 47.6 Å². The summed E-state index contributed by atoms with van der Waals surface area (Å²) >= 11 is 1.26. The summed E-state index contributed by atoms with van der Waals surface area (Å²) in [7, 11) is 0. The summed E-state index contributed by atoms with van der Waals surface area (Å²) in [5, 5.41) is 3.15. The zero-order chi connectivity index (χ0) is 10.9. The molecule has 0 aliphatic carbocycles. The van der Waals surface area contributed by atoms with Crippen molar-refractivity contribution in [3.63, 3.8) is 0 Å². The fourth-order valence-electron chi connectivity index (χ4n) is 0.834. The van der Waals surface area contributed by atoms with Crippen LogP contribution in [0.25, 0.3) is 0 Å². The number of nitrogens with one attached hydrogen (secondary N) is 1. The second-order valence-electron chi connectivity index (χ2n) is 2.47. The third-order valence-electron chi connectivity index (χ3n) is 1.35. The predicted octanol–water partition coefficient (Wildman–Crippen LogP) is 2.51. The van der Waals surface area contributed by atoms with Crippen LogP contribution in [0, 0.1) is 0 Å². The second-order valence-corrected chi connectivity index (χ2v) is 6.66. The fraction of sp³-hybridized carbons (Fsp3) is 1.00. The van der Waals surface area contributed by atoms with Crippen molar-refractivity contribution in [2.45, 2.75) is 20.8 Å². The highest BCUT2D eigenvalue weighted by Gasteiger charge is 2.23. The molecule has 86 valence electrons. The van der Waals surface area contributed by atoms with Gasteiger partial charge < -0.3 is 14.4 Å². The van der Waals surface area contributed by atoms with E-state index in [1.165, 1.54) is 11.4 Å². The standard InChI is InChI=1S/C8H20NO3PS/c1-4-9-7-8-14-13(10,11-5-2)12-6-3/h9H,4-8H2,1-3H3. The second kappa shape index (κ2) is 8.74. The Morgan fingerprint density at radius 3 is 2.21 bits per heavy atom. The van der Waals surface area contributed by atoms with E-state index in [9.17, 15) is 4.57 Å². The number of hydrogen-bond acceptors (Lipinski definition) is 5. The van der Waals surface area contributed by atoms with Crippen LogP contribution in [0.2, 0.25) is 0 Å². The van der Waals surface area contributed by atoms with Crippen LogP contribution in [0.5, 0.6) is 0 Å². The Hall–Kier alpha value is 0.460. The first-order valence-corrected chi connectivity index (χ1v) is 8.06. The summed E-state index contributed by atoms with van der Waals surface area (Å²) in [6.07, 6.45) is 0. The smallest absolute Gasteiger partial charge is 0.316 e. The van der Waals surface area contributed by atoms with E-state index in [1.54, 1.807) is 0 Å². The molecule has 0 heterocycles. The Labute approximate surface area is 90.4 Å². The maximum Gasteiger partial charge on any atom is 0.389 e. The van der Waals surface area contributed by atoms with Gasteiger partial charge in [-0.2, -0.15) is 0 Å². The molecule has 0 rings (SSSR count). The van der Waals surface area contributed by atoms with Gasteiger partial charge in [0.25, 0.3) is 0 Å². The van der Waals surface area contributed by atoms with Gasteiger partial charge in [-0.15, -0.1) is 0 Å². The highest BCUT2D eigenvalue weighted by atomic mass is 32.7. The van der Waals surface area contributed by atoms with Crippen LogP contribution in [0.3, 0.4) is 0 Å². The van der Waals surface area contributed by atoms with E-state index < -0.39 is 6.80 Å². The number of hydrogen-bond donors (Lipinski definition) is 1. The van der Waals surface area contributed by atoms with Crippen LogP contribution in [-0.2, 0) is 13.6 Å². The molecule has 0 radical (unpaired) electrons. The molecular weight excluding hydrogens is 221 g/mol. The van der Waals surface area contributed by atoms with Crippen molar-refractivity contribution in [3.8, 4) is 0 Å². The van der Waals surface area contributed by atoms with Crippen LogP contribution in [0.4, 0.5) is 0 Å². The molecule has 0 amide bonds.